The van der Waals surface area contributed by atoms with Gasteiger partial charge >= 0.3 is 0 Å². The van der Waals surface area contributed by atoms with Gasteiger partial charge in [0, 0.05) is 90.3 Å². The van der Waals surface area contributed by atoms with Crippen LogP contribution in [-0.4, -0.2) is 42.8 Å². The minimum Gasteiger partial charge on any atom is -0.388 e. The van der Waals surface area contributed by atoms with Crippen LogP contribution in [0.25, 0.3) is 0 Å². The van der Waals surface area contributed by atoms with E-state index < -0.39 is 0 Å². The topological polar surface area (TPSA) is 88.7 Å². The quantitative estimate of drug-likeness (QED) is 0.242. The van der Waals surface area contributed by atoms with Crippen molar-refractivity contribution in [2.75, 3.05) is 37.1 Å². The van der Waals surface area contributed by atoms with Crippen LogP contribution in [0.3, 0.4) is 0 Å². The lowest BCUT2D eigenvalue weighted by Gasteiger charge is -2.27. The number of carbonyl (C=O) groups is 2. The van der Waals surface area contributed by atoms with Crippen LogP contribution in [0.4, 0.5) is 17.1 Å². The summed E-state index contributed by atoms with van der Waals surface area (Å²) < 4.78 is 0. The zero-order valence-corrected chi connectivity index (χ0v) is 28.2. The Labute approximate surface area is 270 Å². The maximum absolute atomic E-state index is 13.6. The molecule has 2 amide bonds. The largest absolute Gasteiger partial charge is 0.388 e. The highest BCUT2D eigenvalue weighted by molar-refractivity contribution is 5.77. The van der Waals surface area contributed by atoms with E-state index in [0.717, 1.165) is 50.4 Å². The number of hydrogen-bond acceptors (Lipinski definition) is 6. The summed E-state index contributed by atoms with van der Waals surface area (Å²) in [4.78, 5) is 31.2. The van der Waals surface area contributed by atoms with Gasteiger partial charge in [-0.15, -0.1) is 0 Å². The minimum atomic E-state index is 0.137. The molecule has 0 aliphatic carbocycles. The number of anilines is 3. The minimum absolute atomic E-state index is 0.137. The van der Waals surface area contributed by atoms with E-state index in [9.17, 15) is 9.59 Å². The molecule has 0 spiro atoms. The summed E-state index contributed by atoms with van der Waals surface area (Å²) in [5.74, 6) is 0.791. The molecule has 8 heteroatoms. The molecule has 1 aliphatic heterocycles. The van der Waals surface area contributed by atoms with E-state index in [1.165, 1.54) is 0 Å². The molecule has 8 nitrogen and oxygen atoms in total. The lowest BCUT2D eigenvalue weighted by Crippen LogP contribution is -2.32. The standard InChI is InChI=1S/C37H52N6O2/c1-25(2)8-36(44)42-21-29-10-27(13-33(15-29)38-5)19-41-20-28-11-30(16-34(14-28)39-6)22-43(37(45)9-26(3)4)24-32-12-31(23-42)17-35(18-32)40-7/h10-18,25-26,38-41H,8-9,19-24H2,1-7H3. The summed E-state index contributed by atoms with van der Waals surface area (Å²) in [6.07, 6.45) is 0.977. The smallest absolute Gasteiger partial charge is 0.223 e. The predicted molar refractivity (Wildman–Crippen MR) is 186 cm³/mol. The van der Waals surface area contributed by atoms with Gasteiger partial charge in [-0.05, 0) is 81.6 Å². The van der Waals surface area contributed by atoms with Gasteiger partial charge in [0.05, 0.1) is 0 Å². The lowest BCUT2D eigenvalue weighted by molar-refractivity contribution is -0.134. The number of nitrogens with one attached hydrogen (secondary N) is 4. The Morgan fingerprint density at radius 1 is 0.556 bits per heavy atom. The molecule has 0 saturated carbocycles. The fourth-order valence-corrected chi connectivity index (χ4v) is 5.94. The van der Waals surface area contributed by atoms with Gasteiger partial charge in [-0.1, -0.05) is 45.9 Å². The Bertz CT molecular complexity index is 1360. The van der Waals surface area contributed by atoms with Crippen molar-refractivity contribution in [3.8, 4) is 0 Å². The maximum atomic E-state index is 13.6. The van der Waals surface area contributed by atoms with E-state index in [2.05, 4.69) is 104 Å². The van der Waals surface area contributed by atoms with E-state index in [0.29, 0.717) is 52.1 Å². The Morgan fingerprint density at radius 3 is 1.13 bits per heavy atom. The summed E-state index contributed by atoms with van der Waals surface area (Å²) in [5.41, 5.74) is 9.59. The van der Waals surface area contributed by atoms with Crippen molar-refractivity contribution in [1.82, 2.24) is 15.1 Å². The van der Waals surface area contributed by atoms with Crippen molar-refractivity contribution in [3.63, 3.8) is 0 Å². The number of benzene rings is 3. The van der Waals surface area contributed by atoms with E-state index in [4.69, 9.17) is 0 Å². The van der Waals surface area contributed by atoms with E-state index in [1.54, 1.807) is 0 Å². The summed E-state index contributed by atoms with van der Waals surface area (Å²) in [6.45, 7) is 11.7. The molecule has 4 N–H and O–H groups in total. The highest BCUT2D eigenvalue weighted by Gasteiger charge is 2.20. The Hall–Kier alpha value is -4.04. The summed E-state index contributed by atoms with van der Waals surface area (Å²) in [7, 11) is 5.77. The second kappa shape index (κ2) is 15.8. The molecule has 1 heterocycles. The van der Waals surface area contributed by atoms with Crippen LogP contribution in [0, 0.1) is 11.8 Å². The molecule has 0 aromatic heterocycles. The monoisotopic (exact) mass is 612 g/mol. The third-order valence-electron chi connectivity index (χ3n) is 8.05. The lowest BCUT2D eigenvalue weighted by atomic mass is 10.0. The number of hydrogen-bond donors (Lipinski definition) is 4. The molecule has 0 unspecified atom stereocenters. The second-order valence-corrected chi connectivity index (χ2v) is 13.2. The summed E-state index contributed by atoms with van der Waals surface area (Å²) >= 11 is 0. The molecular weight excluding hydrogens is 560 g/mol. The van der Waals surface area contributed by atoms with Gasteiger partial charge in [-0.2, -0.15) is 0 Å². The third kappa shape index (κ3) is 9.98. The highest BCUT2D eigenvalue weighted by atomic mass is 16.2. The molecule has 0 atom stereocenters. The third-order valence-corrected chi connectivity index (χ3v) is 8.05. The molecule has 0 radical (unpaired) electrons. The van der Waals surface area contributed by atoms with Gasteiger partial charge in [-0.3, -0.25) is 9.59 Å². The Morgan fingerprint density at radius 2 is 0.844 bits per heavy atom. The number of fused-ring (bicyclic) bond motifs is 6. The number of rotatable bonds is 7. The number of nitrogens with zero attached hydrogens (tertiary/aromatic N) is 2. The van der Waals surface area contributed by atoms with Gasteiger partial charge in [0.1, 0.15) is 0 Å². The number of carbonyl (C=O) groups excluding carboxylic acids is 2. The summed E-state index contributed by atoms with van der Waals surface area (Å²) in [5, 5.41) is 13.5. The Balaban J connectivity index is 1.82. The van der Waals surface area contributed by atoms with Crippen LogP contribution in [0.2, 0.25) is 0 Å². The van der Waals surface area contributed by atoms with Crippen molar-refractivity contribution in [1.29, 1.82) is 0 Å². The van der Waals surface area contributed by atoms with Crippen LogP contribution in [0.15, 0.2) is 54.6 Å². The molecule has 0 saturated heterocycles. The zero-order chi connectivity index (χ0) is 32.5. The van der Waals surface area contributed by atoms with Gasteiger partial charge in [0.2, 0.25) is 11.8 Å². The van der Waals surface area contributed by atoms with Gasteiger partial charge in [-0.25, -0.2) is 0 Å². The van der Waals surface area contributed by atoms with Crippen molar-refractivity contribution >= 4 is 28.9 Å². The first kappa shape index (κ1) is 33.8. The maximum Gasteiger partial charge on any atom is 0.223 e. The van der Waals surface area contributed by atoms with Crippen LogP contribution in [0.5, 0.6) is 0 Å². The molecule has 6 bridgehead atoms. The van der Waals surface area contributed by atoms with Gasteiger partial charge in [0.15, 0.2) is 0 Å². The van der Waals surface area contributed by atoms with Crippen molar-refractivity contribution in [2.45, 2.75) is 79.8 Å². The average Bonchev–Trinajstić information content (AvgIpc) is 2.99. The Kier molecular flexibility index (Phi) is 11.9. The van der Waals surface area contributed by atoms with Crippen LogP contribution in [-0.2, 0) is 48.9 Å². The van der Waals surface area contributed by atoms with Crippen molar-refractivity contribution < 1.29 is 9.59 Å². The SMILES string of the molecule is CNc1cc2cc(c1)CN(C(=O)CC(C)C)Cc1cc(cc(NC)c1)CN(C(=O)CC(C)C)Cc1cc(cc(NC)c1)CNC2. The van der Waals surface area contributed by atoms with Crippen molar-refractivity contribution in [2.24, 2.45) is 11.8 Å². The summed E-state index contributed by atoms with van der Waals surface area (Å²) in [6, 6.07) is 19.4. The molecule has 242 valence electrons. The molecule has 3 aromatic rings. The fraction of sp³-hybridized carbons (Fsp3) is 0.459. The van der Waals surface area contributed by atoms with E-state index in [1.807, 2.05) is 30.9 Å². The second-order valence-electron chi connectivity index (χ2n) is 13.2. The molecule has 45 heavy (non-hydrogen) atoms. The van der Waals surface area contributed by atoms with Crippen LogP contribution >= 0.6 is 0 Å². The van der Waals surface area contributed by atoms with E-state index >= 15 is 0 Å². The van der Waals surface area contributed by atoms with Crippen LogP contribution in [0.1, 0.15) is 73.9 Å². The van der Waals surface area contributed by atoms with Gasteiger partial charge < -0.3 is 31.1 Å². The fourth-order valence-electron chi connectivity index (χ4n) is 5.94. The average molecular weight is 613 g/mol. The first-order valence-electron chi connectivity index (χ1n) is 16.2. The first-order chi connectivity index (χ1) is 21.5. The highest BCUT2D eigenvalue weighted by Crippen LogP contribution is 2.25. The molecule has 3 aromatic carbocycles. The zero-order valence-electron chi connectivity index (χ0n) is 28.2. The first-order valence-corrected chi connectivity index (χ1v) is 16.2. The molecule has 4 rings (SSSR count). The van der Waals surface area contributed by atoms with Crippen LogP contribution < -0.4 is 21.3 Å². The van der Waals surface area contributed by atoms with E-state index in [-0.39, 0.29) is 23.7 Å². The predicted octanol–water partition coefficient (Wildman–Crippen LogP) is 6.56. The van der Waals surface area contributed by atoms with Gasteiger partial charge in [0.25, 0.3) is 0 Å². The molecule has 0 fully saturated rings. The molecular formula is C37H52N6O2. The number of amides is 2. The molecule has 1 aliphatic rings. The van der Waals surface area contributed by atoms with Crippen molar-refractivity contribution in [3.05, 3.63) is 88.0 Å². The normalized spacial score (nSPS) is 14.2.